The van der Waals surface area contributed by atoms with Gasteiger partial charge in [-0.05, 0) is 42.2 Å². The molecular formula is C31H30N4O6. The highest BCUT2D eigenvalue weighted by atomic mass is 16.5. The topological polar surface area (TPSA) is 147 Å². The lowest BCUT2D eigenvalue weighted by Gasteiger charge is -2.19. The van der Waals surface area contributed by atoms with Crippen LogP contribution in [0.4, 0.5) is 10.5 Å². The van der Waals surface area contributed by atoms with Gasteiger partial charge in [-0.15, -0.1) is 0 Å². The summed E-state index contributed by atoms with van der Waals surface area (Å²) in [4.78, 5) is 54.2. The zero-order valence-electron chi connectivity index (χ0n) is 22.2. The van der Waals surface area contributed by atoms with Gasteiger partial charge in [0, 0.05) is 17.6 Å². The van der Waals surface area contributed by atoms with E-state index in [9.17, 15) is 24.3 Å². The molecule has 0 spiro atoms. The van der Waals surface area contributed by atoms with Crippen LogP contribution in [0, 0.1) is 0 Å². The number of nitrogens with one attached hydrogen (secondary N) is 3. The molecular weight excluding hydrogens is 524 g/mol. The van der Waals surface area contributed by atoms with Crippen molar-refractivity contribution in [3.05, 3.63) is 108 Å². The first-order valence-electron chi connectivity index (χ1n) is 13.1. The summed E-state index contributed by atoms with van der Waals surface area (Å²) in [5.41, 5.74) is 2.41. The Balaban J connectivity index is 1.40. The van der Waals surface area contributed by atoms with Gasteiger partial charge in [-0.3, -0.25) is 14.4 Å². The molecule has 41 heavy (non-hydrogen) atoms. The van der Waals surface area contributed by atoms with Gasteiger partial charge in [0.2, 0.25) is 5.91 Å². The summed E-state index contributed by atoms with van der Waals surface area (Å²) < 4.78 is 5.21. The van der Waals surface area contributed by atoms with Crippen LogP contribution in [0.5, 0.6) is 0 Å². The van der Waals surface area contributed by atoms with Gasteiger partial charge in [-0.25, -0.2) is 9.78 Å². The van der Waals surface area contributed by atoms with Gasteiger partial charge in [0.25, 0.3) is 5.91 Å². The molecule has 0 aliphatic rings. The highest BCUT2D eigenvalue weighted by Crippen LogP contribution is 2.17. The number of benzene rings is 3. The third kappa shape index (κ3) is 8.62. The number of para-hydroxylation sites is 2. The fourth-order valence-corrected chi connectivity index (χ4v) is 4.14. The van der Waals surface area contributed by atoms with Gasteiger partial charge in [0.1, 0.15) is 18.3 Å². The zero-order chi connectivity index (χ0) is 29.0. The monoisotopic (exact) mass is 554 g/mol. The highest BCUT2D eigenvalue weighted by Gasteiger charge is 2.23. The van der Waals surface area contributed by atoms with Gasteiger partial charge in [-0.1, -0.05) is 72.8 Å². The van der Waals surface area contributed by atoms with Crippen LogP contribution in [0.25, 0.3) is 10.9 Å². The predicted octanol–water partition coefficient (Wildman–Crippen LogP) is 4.31. The molecule has 4 N–H and O–H groups in total. The Morgan fingerprint density at radius 2 is 1.59 bits per heavy atom. The Labute approximate surface area is 236 Å². The number of amides is 3. The van der Waals surface area contributed by atoms with E-state index < -0.39 is 29.9 Å². The quantitative estimate of drug-likeness (QED) is 0.191. The van der Waals surface area contributed by atoms with E-state index in [1.165, 1.54) is 0 Å². The molecule has 3 amide bonds. The van der Waals surface area contributed by atoms with Crippen molar-refractivity contribution in [3.63, 3.8) is 0 Å². The summed E-state index contributed by atoms with van der Waals surface area (Å²) in [6.45, 7) is 0.333. The molecule has 0 aliphatic heterocycles. The van der Waals surface area contributed by atoms with E-state index in [1.807, 2.05) is 48.5 Å². The molecule has 0 aliphatic carbocycles. The standard InChI is InChI=1S/C31H30N4O6/c36-28(37)19-23-12-5-7-14-25(23)34-29(38)26(15-8-18-32-31(40)41-20-21-9-2-1-3-10-21)35-30(39)27-17-16-22-11-4-6-13-24(22)33-27/h1-7,9-14,16-17,26H,8,15,18-20H2,(H,32,40)(H,34,38)(H,35,39)(H,36,37)/t26-/m0/s1. The van der Waals surface area contributed by atoms with Gasteiger partial charge in [0.05, 0.1) is 11.9 Å². The second-order valence-electron chi connectivity index (χ2n) is 9.26. The summed E-state index contributed by atoms with van der Waals surface area (Å²) in [5.74, 6) is -2.10. The smallest absolute Gasteiger partial charge is 0.407 e. The SMILES string of the molecule is O=C(O)Cc1ccccc1NC(=O)[C@H](CCCNC(=O)OCc1ccccc1)NC(=O)c1ccc2ccccc2n1. The van der Waals surface area contributed by atoms with Crippen LogP contribution in [0.3, 0.4) is 0 Å². The first-order valence-corrected chi connectivity index (χ1v) is 13.1. The minimum absolute atomic E-state index is 0.127. The van der Waals surface area contributed by atoms with E-state index in [4.69, 9.17) is 4.74 Å². The Morgan fingerprint density at radius 3 is 2.39 bits per heavy atom. The van der Waals surface area contributed by atoms with Crippen molar-refractivity contribution in [1.29, 1.82) is 0 Å². The predicted molar refractivity (Wildman–Crippen MR) is 153 cm³/mol. The summed E-state index contributed by atoms with van der Waals surface area (Å²) in [7, 11) is 0. The van der Waals surface area contributed by atoms with E-state index in [0.29, 0.717) is 23.2 Å². The van der Waals surface area contributed by atoms with Crippen LogP contribution in [0.15, 0.2) is 91.0 Å². The third-order valence-electron chi connectivity index (χ3n) is 6.22. The molecule has 0 saturated carbocycles. The van der Waals surface area contributed by atoms with Crippen molar-refractivity contribution < 1.29 is 29.0 Å². The number of aromatic nitrogens is 1. The Bertz CT molecular complexity index is 1530. The number of rotatable bonds is 12. The Kier molecular flexibility index (Phi) is 9.98. The fourth-order valence-electron chi connectivity index (χ4n) is 4.14. The fraction of sp³-hybridized carbons (Fsp3) is 0.194. The van der Waals surface area contributed by atoms with E-state index in [1.54, 1.807) is 42.5 Å². The average molecular weight is 555 g/mol. The third-order valence-corrected chi connectivity index (χ3v) is 6.22. The summed E-state index contributed by atoms with van der Waals surface area (Å²) in [5, 5.41) is 18.2. The number of alkyl carbamates (subject to hydrolysis) is 1. The van der Waals surface area contributed by atoms with E-state index >= 15 is 0 Å². The number of carboxylic acid groups (broad SMARTS) is 1. The van der Waals surface area contributed by atoms with Crippen LogP contribution in [-0.4, -0.2) is 46.6 Å². The molecule has 0 saturated heterocycles. The van der Waals surface area contributed by atoms with Crippen LogP contribution >= 0.6 is 0 Å². The van der Waals surface area contributed by atoms with Crippen molar-refractivity contribution >= 4 is 40.5 Å². The van der Waals surface area contributed by atoms with E-state index in [2.05, 4.69) is 20.9 Å². The van der Waals surface area contributed by atoms with Crippen molar-refractivity contribution in [2.24, 2.45) is 0 Å². The van der Waals surface area contributed by atoms with Crippen molar-refractivity contribution in [3.8, 4) is 0 Å². The maximum atomic E-state index is 13.3. The number of ether oxygens (including phenoxy) is 1. The normalized spacial score (nSPS) is 11.3. The zero-order valence-corrected chi connectivity index (χ0v) is 22.2. The second kappa shape index (κ2) is 14.2. The van der Waals surface area contributed by atoms with E-state index in [0.717, 1.165) is 10.9 Å². The molecule has 1 aromatic heterocycles. The lowest BCUT2D eigenvalue weighted by Crippen LogP contribution is -2.44. The Hall–Kier alpha value is -5.25. The van der Waals surface area contributed by atoms with Crippen LogP contribution in [0.2, 0.25) is 0 Å². The summed E-state index contributed by atoms with van der Waals surface area (Å²) in [6, 6.07) is 25.6. The van der Waals surface area contributed by atoms with Crippen LogP contribution in [0.1, 0.15) is 34.5 Å². The number of hydrogen-bond acceptors (Lipinski definition) is 6. The first-order chi connectivity index (χ1) is 19.9. The largest absolute Gasteiger partial charge is 0.481 e. The van der Waals surface area contributed by atoms with Gasteiger partial charge >= 0.3 is 12.1 Å². The first kappa shape index (κ1) is 28.8. The van der Waals surface area contributed by atoms with E-state index in [-0.39, 0.29) is 31.7 Å². The molecule has 0 bridgehead atoms. The molecule has 4 aromatic rings. The molecule has 1 heterocycles. The minimum Gasteiger partial charge on any atom is -0.481 e. The van der Waals surface area contributed by atoms with Gasteiger partial charge < -0.3 is 25.8 Å². The number of fused-ring (bicyclic) bond motifs is 1. The molecule has 0 fully saturated rings. The lowest BCUT2D eigenvalue weighted by molar-refractivity contribution is -0.136. The van der Waals surface area contributed by atoms with Crippen LogP contribution in [-0.2, 0) is 27.4 Å². The maximum absolute atomic E-state index is 13.3. The number of anilines is 1. The van der Waals surface area contributed by atoms with Crippen molar-refractivity contribution in [2.45, 2.75) is 31.9 Å². The summed E-state index contributed by atoms with van der Waals surface area (Å²) in [6.07, 6.45) is -0.336. The van der Waals surface area contributed by atoms with Gasteiger partial charge in [-0.2, -0.15) is 0 Å². The number of aliphatic carboxylic acids is 1. The number of carbonyl (C=O) groups is 4. The maximum Gasteiger partial charge on any atom is 0.407 e. The van der Waals surface area contributed by atoms with Gasteiger partial charge in [0.15, 0.2) is 0 Å². The Morgan fingerprint density at radius 1 is 0.854 bits per heavy atom. The molecule has 10 nitrogen and oxygen atoms in total. The highest BCUT2D eigenvalue weighted by molar-refractivity contribution is 6.01. The lowest BCUT2D eigenvalue weighted by atomic mass is 10.1. The number of carboxylic acids is 1. The van der Waals surface area contributed by atoms with Crippen molar-refractivity contribution in [1.82, 2.24) is 15.6 Å². The minimum atomic E-state index is -1.04. The molecule has 4 rings (SSSR count). The summed E-state index contributed by atoms with van der Waals surface area (Å²) >= 11 is 0. The molecule has 1 atom stereocenters. The molecule has 0 radical (unpaired) electrons. The number of hydrogen-bond donors (Lipinski definition) is 4. The number of carbonyl (C=O) groups excluding carboxylic acids is 3. The average Bonchev–Trinajstić information content (AvgIpc) is 2.98. The number of pyridine rings is 1. The van der Waals surface area contributed by atoms with Crippen LogP contribution < -0.4 is 16.0 Å². The molecule has 210 valence electrons. The number of nitrogens with zero attached hydrogens (tertiary/aromatic N) is 1. The molecule has 3 aromatic carbocycles. The molecule has 10 heteroatoms. The molecule has 0 unspecified atom stereocenters. The second-order valence-corrected chi connectivity index (χ2v) is 9.26. The van der Waals surface area contributed by atoms with Crippen molar-refractivity contribution in [2.75, 3.05) is 11.9 Å².